The van der Waals surface area contributed by atoms with E-state index >= 15 is 0 Å². The van der Waals surface area contributed by atoms with E-state index in [9.17, 15) is 13.2 Å². The van der Waals surface area contributed by atoms with Gasteiger partial charge in [-0.3, -0.25) is 0 Å². The zero-order valence-electron chi connectivity index (χ0n) is 8.98. The van der Waals surface area contributed by atoms with Crippen LogP contribution in [0.3, 0.4) is 0 Å². The molecule has 0 aromatic carbocycles. The third kappa shape index (κ3) is 2.92. The van der Waals surface area contributed by atoms with Crippen LogP contribution in [0, 0.1) is 0 Å². The second-order valence-electron chi connectivity index (χ2n) is 3.38. The summed E-state index contributed by atoms with van der Waals surface area (Å²) in [4.78, 5) is 7.57. The lowest BCUT2D eigenvalue weighted by molar-refractivity contribution is -0.141. The van der Waals surface area contributed by atoms with Crippen LogP contribution < -0.4 is 5.73 Å². The Morgan fingerprint density at radius 2 is 1.94 bits per heavy atom. The average Bonchev–Trinajstić information content (AvgIpc) is 2.32. The molecule has 94 valence electrons. The molecule has 7 heteroatoms. The zero-order valence-corrected chi connectivity index (χ0v) is 9.79. The van der Waals surface area contributed by atoms with Gasteiger partial charge < -0.3 is 5.73 Å². The number of halogens is 3. The molecule has 0 unspecified atom stereocenters. The van der Waals surface area contributed by atoms with Gasteiger partial charge in [-0.2, -0.15) is 13.2 Å². The van der Waals surface area contributed by atoms with Crippen LogP contribution in [0.5, 0.6) is 0 Å². The standard InChI is InChI=1S/C11H8F3N3S/c12-11(13,14)9-5-8(7(15)6-17-9)18-10-3-1-2-4-16-10/h1-6H,15H2. The number of pyridine rings is 2. The molecule has 0 saturated heterocycles. The summed E-state index contributed by atoms with van der Waals surface area (Å²) in [5, 5.41) is 0.573. The molecule has 0 bridgehead atoms. The lowest BCUT2D eigenvalue weighted by atomic mass is 10.3. The third-order valence-electron chi connectivity index (χ3n) is 2.04. The minimum absolute atomic E-state index is 0.193. The van der Waals surface area contributed by atoms with Crippen LogP contribution in [0.4, 0.5) is 18.9 Å². The second kappa shape index (κ2) is 4.85. The molecule has 0 radical (unpaired) electrons. The lowest BCUT2D eigenvalue weighted by Crippen LogP contribution is -2.08. The Morgan fingerprint density at radius 3 is 2.56 bits per heavy atom. The van der Waals surface area contributed by atoms with E-state index in [1.807, 2.05) is 0 Å². The predicted octanol–water partition coefficient (Wildman–Crippen LogP) is 3.23. The number of nitrogen functional groups attached to an aromatic ring is 1. The number of anilines is 1. The molecule has 3 nitrogen and oxygen atoms in total. The van der Waals surface area contributed by atoms with Crippen molar-refractivity contribution in [3.63, 3.8) is 0 Å². The van der Waals surface area contributed by atoms with E-state index in [4.69, 9.17) is 5.73 Å². The van der Waals surface area contributed by atoms with Crippen LogP contribution in [-0.4, -0.2) is 9.97 Å². The quantitative estimate of drug-likeness (QED) is 0.911. The Morgan fingerprint density at radius 1 is 1.17 bits per heavy atom. The van der Waals surface area contributed by atoms with Gasteiger partial charge in [0.1, 0.15) is 10.7 Å². The van der Waals surface area contributed by atoms with E-state index in [-0.39, 0.29) is 10.6 Å². The third-order valence-corrected chi connectivity index (χ3v) is 3.06. The number of rotatable bonds is 2. The highest BCUT2D eigenvalue weighted by atomic mass is 32.2. The Kier molecular flexibility index (Phi) is 3.42. The molecular formula is C11H8F3N3S. The highest BCUT2D eigenvalue weighted by Crippen LogP contribution is 2.35. The summed E-state index contributed by atoms with van der Waals surface area (Å²) < 4.78 is 37.5. The summed E-state index contributed by atoms with van der Waals surface area (Å²) in [5.74, 6) is 0. The van der Waals surface area contributed by atoms with Gasteiger partial charge >= 0.3 is 6.18 Å². The van der Waals surface area contributed by atoms with E-state index in [1.165, 1.54) is 0 Å². The maximum Gasteiger partial charge on any atom is 0.433 e. The van der Waals surface area contributed by atoms with Crippen molar-refractivity contribution >= 4 is 17.4 Å². The molecule has 0 amide bonds. The molecule has 0 saturated carbocycles. The highest BCUT2D eigenvalue weighted by molar-refractivity contribution is 7.99. The first-order chi connectivity index (χ1) is 8.47. The fourth-order valence-electron chi connectivity index (χ4n) is 1.21. The molecule has 18 heavy (non-hydrogen) atoms. The van der Waals surface area contributed by atoms with Crippen LogP contribution in [-0.2, 0) is 6.18 Å². The second-order valence-corrected chi connectivity index (χ2v) is 4.44. The Bertz CT molecular complexity index is 543. The Balaban J connectivity index is 2.33. The van der Waals surface area contributed by atoms with Crippen molar-refractivity contribution in [3.05, 3.63) is 42.4 Å². The van der Waals surface area contributed by atoms with Crippen molar-refractivity contribution in [1.82, 2.24) is 9.97 Å². The number of aromatic nitrogens is 2. The molecule has 0 atom stereocenters. The average molecular weight is 271 g/mol. The van der Waals surface area contributed by atoms with Crippen LogP contribution in [0.1, 0.15) is 5.69 Å². The summed E-state index contributed by atoms with van der Waals surface area (Å²) in [7, 11) is 0. The van der Waals surface area contributed by atoms with E-state index in [0.717, 1.165) is 24.0 Å². The van der Waals surface area contributed by atoms with Gasteiger partial charge in [0.15, 0.2) is 0 Å². The number of nitrogens with two attached hydrogens (primary N) is 1. The highest BCUT2D eigenvalue weighted by Gasteiger charge is 2.33. The minimum Gasteiger partial charge on any atom is -0.397 e. The first kappa shape index (κ1) is 12.7. The van der Waals surface area contributed by atoms with Gasteiger partial charge in [-0.25, -0.2) is 9.97 Å². The van der Waals surface area contributed by atoms with E-state index in [1.54, 1.807) is 24.4 Å². The molecule has 2 rings (SSSR count). The van der Waals surface area contributed by atoms with E-state index < -0.39 is 11.9 Å². The smallest absolute Gasteiger partial charge is 0.397 e. The summed E-state index contributed by atoms with van der Waals surface area (Å²) in [6.07, 6.45) is -1.91. The lowest BCUT2D eigenvalue weighted by Gasteiger charge is -2.09. The van der Waals surface area contributed by atoms with E-state index in [2.05, 4.69) is 9.97 Å². The molecule has 2 aromatic rings. The molecule has 0 aliphatic heterocycles. The number of alkyl halides is 3. The van der Waals surface area contributed by atoms with Crippen LogP contribution >= 0.6 is 11.8 Å². The summed E-state index contributed by atoms with van der Waals surface area (Å²) in [6, 6.07) is 6.09. The van der Waals surface area contributed by atoms with Gasteiger partial charge in [0.25, 0.3) is 0 Å². The molecule has 0 aliphatic carbocycles. The fourth-order valence-corrected chi connectivity index (χ4v) is 2.04. The van der Waals surface area contributed by atoms with Crippen molar-refractivity contribution < 1.29 is 13.2 Å². The fraction of sp³-hybridized carbons (Fsp3) is 0.0909. The van der Waals surface area contributed by atoms with Crippen molar-refractivity contribution in [2.75, 3.05) is 5.73 Å². The Labute approximate surface area is 105 Å². The van der Waals surface area contributed by atoms with Gasteiger partial charge in [0.05, 0.1) is 11.9 Å². The summed E-state index contributed by atoms with van der Waals surface area (Å²) in [5.41, 5.74) is 4.83. The van der Waals surface area contributed by atoms with Gasteiger partial charge in [0.2, 0.25) is 0 Å². The van der Waals surface area contributed by atoms with Crippen molar-refractivity contribution in [1.29, 1.82) is 0 Å². The van der Waals surface area contributed by atoms with Crippen molar-refractivity contribution in [3.8, 4) is 0 Å². The van der Waals surface area contributed by atoms with Gasteiger partial charge in [-0.15, -0.1) is 0 Å². The summed E-state index contributed by atoms with van der Waals surface area (Å²) >= 11 is 1.07. The van der Waals surface area contributed by atoms with E-state index in [0.29, 0.717) is 5.03 Å². The maximum absolute atomic E-state index is 12.5. The van der Waals surface area contributed by atoms with Crippen LogP contribution in [0.2, 0.25) is 0 Å². The largest absolute Gasteiger partial charge is 0.433 e. The number of nitrogens with zero attached hydrogens (tertiary/aromatic N) is 2. The predicted molar refractivity (Wildman–Crippen MR) is 62.0 cm³/mol. The van der Waals surface area contributed by atoms with Crippen LogP contribution in [0.25, 0.3) is 0 Å². The monoisotopic (exact) mass is 271 g/mol. The molecule has 0 fully saturated rings. The number of hydrogen-bond acceptors (Lipinski definition) is 4. The first-order valence-electron chi connectivity index (χ1n) is 4.88. The zero-order chi connectivity index (χ0) is 13.2. The maximum atomic E-state index is 12.5. The van der Waals surface area contributed by atoms with Gasteiger partial charge in [-0.1, -0.05) is 17.8 Å². The molecule has 2 aromatic heterocycles. The first-order valence-corrected chi connectivity index (χ1v) is 5.70. The number of hydrogen-bond donors (Lipinski definition) is 1. The van der Waals surface area contributed by atoms with Gasteiger partial charge in [-0.05, 0) is 18.2 Å². The van der Waals surface area contributed by atoms with Gasteiger partial charge in [0, 0.05) is 11.1 Å². The van der Waals surface area contributed by atoms with Crippen LogP contribution in [0.15, 0.2) is 46.6 Å². The minimum atomic E-state index is -4.48. The SMILES string of the molecule is Nc1cnc(C(F)(F)F)cc1Sc1ccccn1. The molecule has 2 heterocycles. The topological polar surface area (TPSA) is 51.8 Å². The van der Waals surface area contributed by atoms with Crippen molar-refractivity contribution in [2.24, 2.45) is 0 Å². The molecule has 2 N–H and O–H groups in total. The molecule has 0 spiro atoms. The Hall–Kier alpha value is -1.76. The normalized spacial score (nSPS) is 11.5. The molecule has 0 aliphatic rings. The summed E-state index contributed by atoms with van der Waals surface area (Å²) in [6.45, 7) is 0. The molecular weight excluding hydrogens is 263 g/mol. The van der Waals surface area contributed by atoms with Crippen molar-refractivity contribution in [2.45, 2.75) is 16.1 Å².